The molecule has 0 atom stereocenters. The van der Waals surface area contributed by atoms with Crippen LogP contribution in [-0.2, 0) is 22.3 Å². The first-order valence-corrected chi connectivity index (χ1v) is 8.59. The summed E-state index contributed by atoms with van der Waals surface area (Å²) < 4.78 is 16.1. The van der Waals surface area contributed by atoms with Crippen LogP contribution in [0, 0.1) is 0 Å². The minimum Gasteiger partial charge on any atom is -0.468 e. The van der Waals surface area contributed by atoms with Gasteiger partial charge in [-0.1, -0.05) is 22.0 Å². The van der Waals surface area contributed by atoms with Gasteiger partial charge in [0.2, 0.25) is 0 Å². The van der Waals surface area contributed by atoms with Crippen LogP contribution in [-0.4, -0.2) is 27.0 Å². The maximum Gasteiger partial charge on any atom is 0.337 e. The van der Waals surface area contributed by atoms with Crippen LogP contribution in [0.1, 0.15) is 21.5 Å². The number of aryl methyl sites for hydroxylation is 2. The van der Waals surface area contributed by atoms with Crippen molar-refractivity contribution in [3.05, 3.63) is 57.6 Å². The fourth-order valence-electron chi connectivity index (χ4n) is 2.25. The first kappa shape index (κ1) is 18.8. The van der Waals surface area contributed by atoms with E-state index in [-0.39, 0.29) is 12.8 Å². The molecule has 0 radical (unpaired) electrons. The quantitative estimate of drug-likeness (QED) is 0.420. The van der Waals surface area contributed by atoms with E-state index >= 15 is 0 Å². The summed E-state index contributed by atoms with van der Waals surface area (Å²) in [6, 6.07) is 11.2. The number of ether oxygens (including phenoxy) is 3. The molecule has 2 aromatic carbocycles. The van der Waals surface area contributed by atoms with E-state index in [1.807, 2.05) is 24.3 Å². The summed E-state index contributed by atoms with van der Waals surface area (Å²) in [5.74, 6) is 0.407. The van der Waals surface area contributed by atoms with E-state index in [0.717, 1.165) is 39.1 Å². The van der Waals surface area contributed by atoms with Gasteiger partial charge in [0.15, 0.2) is 6.79 Å². The molecule has 2 rings (SSSR count). The molecule has 0 saturated heterocycles. The number of carbonyl (C=O) groups excluding carboxylic acids is 1. The first-order chi connectivity index (χ1) is 11.5. The van der Waals surface area contributed by atoms with Gasteiger partial charge < -0.3 is 14.2 Å². The van der Waals surface area contributed by atoms with Crippen molar-refractivity contribution in [1.82, 2.24) is 0 Å². The molecule has 4 nitrogen and oxygen atoms in total. The predicted molar refractivity (Wildman–Crippen MR) is 99.1 cm³/mol. The third-order valence-corrected chi connectivity index (χ3v) is 4.72. The molecule has 0 N–H and O–H groups in total. The molecule has 2 aromatic rings. The average molecular weight is 411 g/mol. The fourth-order valence-corrected chi connectivity index (χ4v) is 3.02. The van der Waals surface area contributed by atoms with Gasteiger partial charge in [0.05, 0.1) is 12.7 Å². The monoisotopic (exact) mass is 410 g/mol. The van der Waals surface area contributed by atoms with Gasteiger partial charge in [-0.2, -0.15) is 0 Å². The van der Waals surface area contributed by atoms with Crippen LogP contribution < -0.4 is 4.74 Å². The van der Waals surface area contributed by atoms with Crippen molar-refractivity contribution in [2.24, 2.45) is 0 Å². The second-order valence-electron chi connectivity index (χ2n) is 5.14. The first-order valence-electron chi connectivity index (χ1n) is 7.35. The molecule has 0 bridgehead atoms. The van der Waals surface area contributed by atoms with Gasteiger partial charge in [-0.15, -0.1) is 12.6 Å². The molecule has 0 aliphatic heterocycles. The normalized spacial score (nSPS) is 10.5. The Morgan fingerprint density at radius 3 is 2.50 bits per heavy atom. The maximum absolute atomic E-state index is 11.5. The lowest BCUT2D eigenvalue weighted by molar-refractivity contribution is 0.0510. The van der Waals surface area contributed by atoms with Crippen molar-refractivity contribution in [3.8, 4) is 5.75 Å². The highest BCUT2D eigenvalue weighted by molar-refractivity contribution is 9.10. The molecule has 0 unspecified atom stereocenters. The summed E-state index contributed by atoms with van der Waals surface area (Å²) in [5, 5.41) is 0. The Morgan fingerprint density at radius 1 is 1.08 bits per heavy atom. The minimum atomic E-state index is -0.359. The summed E-state index contributed by atoms with van der Waals surface area (Å²) >= 11 is 8.04. The molecule has 0 aromatic heterocycles. The Hall–Kier alpha value is -1.50. The zero-order chi connectivity index (χ0) is 17.5. The van der Waals surface area contributed by atoms with Crippen LogP contribution >= 0.6 is 28.6 Å². The highest BCUT2D eigenvalue weighted by Crippen LogP contribution is 2.25. The van der Waals surface area contributed by atoms with Crippen molar-refractivity contribution in [1.29, 1.82) is 0 Å². The lowest BCUT2D eigenvalue weighted by Crippen LogP contribution is -2.03. The largest absolute Gasteiger partial charge is 0.468 e. The van der Waals surface area contributed by atoms with Gasteiger partial charge >= 0.3 is 5.97 Å². The predicted octanol–water partition coefficient (Wildman–Crippen LogP) is 4.29. The highest BCUT2D eigenvalue weighted by Gasteiger charge is 2.09. The molecule has 0 heterocycles. The summed E-state index contributed by atoms with van der Waals surface area (Å²) in [6.45, 7) is 0.219. The SMILES string of the molecule is COCOc1ccc(Br)c(CCc2ccc(C(=O)OC)cc2S)c1. The number of halogens is 1. The third-order valence-electron chi connectivity index (χ3n) is 3.53. The number of esters is 1. The Kier molecular flexibility index (Phi) is 7.15. The number of benzene rings is 2. The lowest BCUT2D eigenvalue weighted by Gasteiger charge is -2.11. The van der Waals surface area contributed by atoms with Gasteiger partial charge in [-0.25, -0.2) is 4.79 Å². The van der Waals surface area contributed by atoms with Gasteiger partial charge in [-0.05, 0) is 54.3 Å². The van der Waals surface area contributed by atoms with E-state index in [1.165, 1.54) is 7.11 Å². The fraction of sp³-hybridized carbons (Fsp3) is 0.278. The van der Waals surface area contributed by atoms with E-state index in [0.29, 0.717) is 5.56 Å². The Balaban J connectivity index is 2.09. The van der Waals surface area contributed by atoms with Crippen LogP contribution in [0.4, 0.5) is 0 Å². The van der Waals surface area contributed by atoms with Crippen molar-refractivity contribution >= 4 is 34.5 Å². The number of carbonyl (C=O) groups is 1. The van der Waals surface area contributed by atoms with E-state index < -0.39 is 0 Å². The summed E-state index contributed by atoms with van der Waals surface area (Å²) in [4.78, 5) is 12.3. The maximum atomic E-state index is 11.5. The smallest absolute Gasteiger partial charge is 0.337 e. The topological polar surface area (TPSA) is 44.8 Å². The van der Waals surface area contributed by atoms with Crippen LogP contribution in [0.25, 0.3) is 0 Å². The van der Waals surface area contributed by atoms with E-state index in [9.17, 15) is 4.79 Å². The Bertz CT molecular complexity index is 718. The third kappa shape index (κ3) is 5.00. The molecule has 24 heavy (non-hydrogen) atoms. The van der Waals surface area contributed by atoms with Crippen LogP contribution in [0.3, 0.4) is 0 Å². The van der Waals surface area contributed by atoms with Gasteiger partial charge in [0.1, 0.15) is 5.75 Å². The number of methoxy groups -OCH3 is 2. The molecule has 0 aliphatic carbocycles. The molecule has 128 valence electrons. The Morgan fingerprint density at radius 2 is 1.83 bits per heavy atom. The second kappa shape index (κ2) is 9.11. The number of hydrogen-bond donors (Lipinski definition) is 1. The molecule has 6 heteroatoms. The highest BCUT2D eigenvalue weighted by atomic mass is 79.9. The molecular formula is C18H19BrO4S. The van der Waals surface area contributed by atoms with Crippen molar-refractivity contribution in [2.45, 2.75) is 17.7 Å². The molecule has 0 spiro atoms. The molecule has 0 aliphatic rings. The summed E-state index contributed by atoms with van der Waals surface area (Å²) in [6.07, 6.45) is 1.61. The van der Waals surface area contributed by atoms with Gasteiger partial charge in [0.25, 0.3) is 0 Å². The molecule has 0 amide bonds. The van der Waals surface area contributed by atoms with Crippen LogP contribution in [0.5, 0.6) is 5.75 Å². The zero-order valence-corrected chi connectivity index (χ0v) is 16.0. The van der Waals surface area contributed by atoms with Crippen molar-refractivity contribution < 1.29 is 19.0 Å². The molecule has 0 fully saturated rings. The van der Waals surface area contributed by atoms with Crippen LogP contribution in [0.2, 0.25) is 0 Å². The summed E-state index contributed by atoms with van der Waals surface area (Å²) in [5.41, 5.74) is 2.71. The van der Waals surface area contributed by atoms with E-state index in [2.05, 4.69) is 28.6 Å². The van der Waals surface area contributed by atoms with Crippen molar-refractivity contribution in [3.63, 3.8) is 0 Å². The number of rotatable bonds is 7. The Labute approximate surface area is 155 Å². The van der Waals surface area contributed by atoms with Gasteiger partial charge in [0, 0.05) is 16.5 Å². The van der Waals surface area contributed by atoms with Crippen LogP contribution in [0.15, 0.2) is 45.8 Å². The second-order valence-corrected chi connectivity index (χ2v) is 6.48. The zero-order valence-electron chi connectivity index (χ0n) is 13.5. The number of hydrogen-bond acceptors (Lipinski definition) is 5. The number of thiol groups is 1. The lowest BCUT2D eigenvalue weighted by atomic mass is 10.0. The van der Waals surface area contributed by atoms with E-state index in [4.69, 9.17) is 14.2 Å². The molecule has 0 saturated carbocycles. The summed E-state index contributed by atoms with van der Waals surface area (Å²) in [7, 11) is 2.95. The van der Waals surface area contributed by atoms with Crippen molar-refractivity contribution in [2.75, 3.05) is 21.0 Å². The molecular weight excluding hydrogens is 392 g/mol. The average Bonchev–Trinajstić information content (AvgIpc) is 2.59. The van der Waals surface area contributed by atoms with E-state index in [1.54, 1.807) is 19.2 Å². The standard InChI is InChI=1S/C18H19BrO4S/c1-21-11-23-15-7-8-16(19)13(9-15)5-3-12-4-6-14(10-17(12)24)18(20)22-2/h4,6-10,24H,3,5,11H2,1-2H3. The van der Waals surface area contributed by atoms with Gasteiger partial charge in [-0.3, -0.25) is 0 Å². The minimum absolute atomic E-state index is 0.219.